The van der Waals surface area contributed by atoms with Crippen LogP contribution in [0.4, 0.5) is 5.69 Å². The molecule has 36 heavy (non-hydrogen) atoms. The quantitative estimate of drug-likeness (QED) is 0.377. The molecule has 0 atom stereocenters. The van der Waals surface area contributed by atoms with Crippen LogP contribution in [0.15, 0.2) is 83.5 Å². The van der Waals surface area contributed by atoms with E-state index in [2.05, 4.69) is 10.6 Å². The maximum absolute atomic E-state index is 12.8. The zero-order valence-corrected chi connectivity index (χ0v) is 20.1. The number of hydrogen-bond acceptors (Lipinski definition) is 5. The van der Waals surface area contributed by atoms with Gasteiger partial charge in [0.1, 0.15) is 10.7 Å². The molecule has 182 valence electrons. The molecule has 0 bridgehead atoms. The van der Waals surface area contributed by atoms with Gasteiger partial charge in [-0.2, -0.15) is 0 Å². The first-order chi connectivity index (χ1) is 17.2. The van der Waals surface area contributed by atoms with E-state index in [-0.39, 0.29) is 35.1 Å². The molecule has 10 heteroatoms. The van der Waals surface area contributed by atoms with Crippen LogP contribution in [0, 0.1) is 0 Å². The largest absolute Gasteiger partial charge is 0.478 e. The number of aromatic carboxylic acids is 1. The lowest BCUT2D eigenvalue weighted by atomic mass is 10.1. The zero-order valence-electron chi connectivity index (χ0n) is 18.6. The second-order valence-electron chi connectivity index (χ2n) is 7.87. The Labute approximate surface area is 216 Å². The van der Waals surface area contributed by atoms with Crippen LogP contribution in [-0.4, -0.2) is 33.7 Å². The first kappa shape index (κ1) is 25.0. The maximum Gasteiger partial charge on any atom is 0.337 e. The summed E-state index contributed by atoms with van der Waals surface area (Å²) in [6.07, 6.45) is 0. The van der Waals surface area contributed by atoms with Crippen molar-refractivity contribution in [3.05, 3.63) is 111 Å². The van der Waals surface area contributed by atoms with Crippen LogP contribution in [0.25, 0.3) is 0 Å². The predicted octanol–water partition coefficient (Wildman–Crippen LogP) is 4.40. The van der Waals surface area contributed by atoms with Gasteiger partial charge >= 0.3 is 5.97 Å². The van der Waals surface area contributed by atoms with Gasteiger partial charge in [0.15, 0.2) is 0 Å². The number of rotatable bonds is 8. The van der Waals surface area contributed by atoms with Crippen LogP contribution < -0.4 is 10.6 Å². The molecule has 0 radical (unpaired) electrons. The summed E-state index contributed by atoms with van der Waals surface area (Å²) in [5.41, 5.74) is 1.95. The summed E-state index contributed by atoms with van der Waals surface area (Å²) >= 11 is 12.0. The van der Waals surface area contributed by atoms with Crippen LogP contribution in [0.3, 0.4) is 0 Å². The molecule has 1 aliphatic rings. The molecule has 0 spiro atoms. The van der Waals surface area contributed by atoms with E-state index in [0.29, 0.717) is 10.6 Å². The number of nitrogens with zero attached hydrogens (tertiary/aromatic N) is 1. The van der Waals surface area contributed by atoms with E-state index in [0.717, 1.165) is 16.0 Å². The molecule has 3 amide bonds. The number of para-hydroxylation sites is 1. The number of imide groups is 1. The summed E-state index contributed by atoms with van der Waals surface area (Å²) in [6, 6.07) is 19.4. The van der Waals surface area contributed by atoms with Gasteiger partial charge < -0.3 is 15.7 Å². The molecule has 4 rings (SSSR count). The fraction of sp³-hybridized carbons (Fsp3) is 0.0769. The van der Waals surface area contributed by atoms with Crippen molar-refractivity contribution >= 4 is 52.6 Å². The van der Waals surface area contributed by atoms with Gasteiger partial charge in [-0.15, -0.1) is 0 Å². The Morgan fingerprint density at radius 1 is 0.833 bits per heavy atom. The highest BCUT2D eigenvalue weighted by molar-refractivity contribution is 6.47. The normalized spacial score (nSPS) is 13.2. The lowest BCUT2D eigenvalue weighted by molar-refractivity contribution is -0.138. The second-order valence-corrected chi connectivity index (χ2v) is 8.68. The molecule has 0 saturated carbocycles. The first-order valence-corrected chi connectivity index (χ1v) is 11.5. The van der Waals surface area contributed by atoms with Gasteiger partial charge in [-0.25, -0.2) is 4.79 Å². The summed E-state index contributed by atoms with van der Waals surface area (Å²) in [7, 11) is 0. The van der Waals surface area contributed by atoms with E-state index < -0.39 is 23.7 Å². The number of amides is 3. The third kappa shape index (κ3) is 5.40. The molecule has 0 aromatic heterocycles. The number of nitrogens with one attached hydrogen (secondary N) is 2. The van der Waals surface area contributed by atoms with Gasteiger partial charge in [-0.3, -0.25) is 19.3 Å². The minimum Gasteiger partial charge on any atom is -0.478 e. The molecule has 1 heterocycles. The minimum absolute atomic E-state index is 0.00253. The SMILES string of the molecule is O=C(Nc1ccccc1C(=O)O)c1ccc(CNC2=C(Cl)C(=O)N(Cc3ccc(Cl)cc3)C2=O)cc1. The average Bonchev–Trinajstić information content (AvgIpc) is 3.07. The maximum atomic E-state index is 12.8. The summed E-state index contributed by atoms with van der Waals surface area (Å²) < 4.78 is 0. The highest BCUT2D eigenvalue weighted by atomic mass is 35.5. The number of benzene rings is 3. The molecule has 0 fully saturated rings. The van der Waals surface area contributed by atoms with E-state index in [1.54, 1.807) is 60.7 Å². The van der Waals surface area contributed by atoms with Crippen molar-refractivity contribution < 1.29 is 24.3 Å². The van der Waals surface area contributed by atoms with E-state index in [4.69, 9.17) is 23.2 Å². The highest BCUT2D eigenvalue weighted by Crippen LogP contribution is 2.25. The molecular weight excluding hydrogens is 505 g/mol. The van der Waals surface area contributed by atoms with Crippen LogP contribution in [0.2, 0.25) is 5.02 Å². The molecule has 0 saturated heterocycles. The number of halogens is 2. The Bertz CT molecular complexity index is 1390. The Hall–Kier alpha value is -4.14. The Kier molecular flexibility index (Phi) is 7.38. The van der Waals surface area contributed by atoms with Gasteiger partial charge in [-0.1, -0.05) is 59.6 Å². The molecule has 1 aliphatic heterocycles. The summed E-state index contributed by atoms with van der Waals surface area (Å²) in [6.45, 7) is 0.244. The van der Waals surface area contributed by atoms with Crippen LogP contribution in [-0.2, 0) is 22.7 Å². The molecular formula is C26H19Cl2N3O5. The van der Waals surface area contributed by atoms with E-state index in [9.17, 15) is 24.3 Å². The van der Waals surface area contributed by atoms with E-state index in [1.807, 2.05) is 0 Å². The van der Waals surface area contributed by atoms with E-state index in [1.165, 1.54) is 12.1 Å². The van der Waals surface area contributed by atoms with Gasteiger partial charge in [-0.05, 0) is 47.5 Å². The Morgan fingerprint density at radius 3 is 2.14 bits per heavy atom. The molecule has 3 aromatic rings. The van der Waals surface area contributed by atoms with Crippen molar-refractivity contribution in [2.75, 3.05) is 5.32 Å². The summed E-state index contributed by atoms with van der Waals surface area (Å²) in [5.74, 6) is -2.74. The molecule has 0 aliphatic carbocycles. The highest BCUT2D eigenvalue weighted by Gasteiger charge is 2.37. The Morgan fingerprint density at radius 2 is 1.47 bits per heavy atom. The lowest BCUT2D eigenvalue weighted by Gasteiger charge is -2.15. The summed E-state index contributed by atoms with van der Waals surface area (Å²) in [5, 5.41) is 15.1. The molecule has 0 unspecified atom stereocenters. The van der Waals surface area contributed by atoms with E-state index >= 15 is 0 Å². The topological polar surface area (TPSA) is 116 Å². The zero-order chi connectivity index (χ0) is 25.8. The number of carbonyl (C=O) groups is 4. The first-order valence-electron chi connectivity index (χ1n) is 10.7. The minimum atomic E-state index is -1.15. The van der Waals surface area contributed by atoms with Gasteiger partial charge in [0.25, 0.3) is 17.7 Å². The smallest absolute Gasteiger partial charge is 0.337 e. The Balaban J connectivity index is 1.38. The van der Waals surface area contributed by atoms with Crippen molar-refractivity contribution in [3.8, 4) is 0 Å². The molecule has 3 N–H and O–H groups in total. The average molecular weight is 524 g/mol. The standard InChI is InChI=1S/C26H19Cl2N3O5/c27-18-11-7-16(8-12-18)14-31-24(33)21(28)22(25(31)34)29-13-15-5-9-17(10-6-15)23(32)30-20-4-2-1-3-19(20)26(35)36/h1-12,29H,13-14H2,(H,30,32)(H,35,36). The number of carboxylic acid groups (broad SMARTS) is 1. The van der Waals surface area contributed by atoms with Crippen molar-refractivity contribution in [2.24, 2.45) is 0 Å². The van der Waals surface area contributed by atoms with Crippen molar-refractivity contribution in [1.29, 1.82) is 0 Å². The fourth-order valence-electron chi connectivity index (χ4n) is 3.55. The lowest BCUT2D eigenvalue weighted by Crippen LogP contribution is -2.33. The number of hydrogen-bond donors (Lipinski definition) is 3. The third-order valence-electron chi connectivity index (χ3n) is 5.46. The van der Waals surface area contributed by atoms with Crippen LogP contribution in [0.1, 0.15) is 31.8 Å². The van der Waals surface area contributed by atoms with Crippen molar-refractivity contribution in [3.63, 3.8) is 0 Å². The van der Waals surface area contributed by atoms with Gasteiger partial charge in [0.2, 0.25) is 0 Å². The third-order valence-corrected chi connectivity index (χ3v) is 6.06. The van der Waals surface area contributed by atoms with Crippen LogP contribution >= 0.6 is 23.2 Å². The van der Waals surface area contributed by atoms with Crippen molar-refractivity contribution in [1.82, 2.24) is 10.2 Å². The van der Waals surface area contributed by atoms with Gasteiger partial charge in [0, 0.05) is 17.1 Å². The van der Waals surface area contributed by atoms with Crippen LogP contribution in [0.5, 0.6) is 0 Å². The number of carbonyl (C=O) groups excluding carboxylic acids is 3. The second kappa shape index (κ2) is 10.6. The fourth-order valence-corrected chi connectivity index (χ4v) is 3.93. The van der Waals surface area contributed by atoms with Crippen molar-refractivity contribution in [2.45, 2.75) is 13.1 Å². The number of carboxylic acids is 1. The molecule has 8 nitrogen and oxygen atoms in total. The number of anilines is 1. The summed E-state index contributed by atoms with van der Waals surface area (Å²) in [4.78, 5) is 50.2. The molecule has 3 aromatic carbocycles. The monoisotopic (exact) mass is 523 g/mol. The predicted molar refractivity (Wildman–Crippen MR) is 135 cm³/mol. The van der Waals surface area contributed by atoms with Gasteiger partial charge in [0.05, 0.1) is 17.8 Å².